The van der Waals surface area contributed by atoms with Gasteiger partial charge in [-0.05, 0) is 111 Å². The molecule has 2 amide bonds. The molecule has 1 saturated carbocycles. The Morgan fingerprint density at radius 3 is 2.68 bits per heavy atom. The van der Waals surface area contributed by atoms with Crippen LogP contribution in [0.3, 0.4) is 0 Å². The van der Waals surface area contributed by atoms with Gasteiger partial charge in [-0.3, -0.25) is 24.1 Å². The van der Waals surface area contributed by atoms with Crippen LogP contribution in [0.2, 0.25) is 5.02 Å². The topological polar surface area (TPSA) is 94.7 Å². The monoisotopic (exact) mass is 805 g/mol. The normalized spacial score (nSPS) is 35.9. The van der Waals surface area contributed by atoms with Crippen LogP contribution in [0.25, 0.3) is 0 Å². The molecule has 1 unspecified atom stereocenters. The second-order valence-corrected chi connectivity index (χ2v) is 20.6. The molecule has 4 heterocycles. The van der Waals surface area contributed by atoms with Crippen LogP contribution in [0, 0.1) is 17.8 Å². The van der Waals surface area contributed by atoms with E-state index in [2.05, 4.69) is 56.5 Å². The van der Waals surface area contributed by atoms with Gasteiger partial charge in [0, 0.05) is 100 Å². The van der Waals surface area contributed by atoms with Crippen LogP contribution in [0.1, 0.15) is 74.4 Å². The lowest BCUT2D eigenvalue weighted by Crippen LogP contribution is -2.65. The van der Waals surface area contributed by atoms with Gasteiger partial charge in [-0.1, -0.05) is 36.7 Å². The Morgan fingerprint density at radius 1 is 1.09 bits per heavy atom. The number of rotatable bonds is 3. The zero-order chi connectivity index (χ0) is 39.4. The number of methoxy groups -OCH3 is 1. The highest BCUT2D eigenvalue weighted by molar-refractivity contribution is 7.99. The first-order valence-electron chi connectivity index (χ1n) is 20.7. The van der Waals surface area contributed by atoms with Gasteiger partial charge in [0.25, 0.3) is 5.91 Å². The van der Waals surface area contributed by atoms with E-state index in [9.17, 15) is 13.8 Å². The zero-order valence-electron chi connectivity index (χ0n) is 33.6. The average molecular weight is 807 g/mol. The molecule has 3 fully saturated rings. The van der Waals surface area contributed by atoms with Gasteiger partial charge in [0.05, 0.1) is 22.0 Å². The van der Waals surface area contributed by atoms with Crippen LogP contribution in [0.4, 0.5) is 5.69 Å². The van der Waals surface area contributed by atoms with Crippen LogP contribution < -0.4 is 14.4 Å². The number of ether oxygens (including phenoxy) is 2. The molecule has 8 atom stereocenters. The number of hydrogen-bond acceptors (Lipinski definition) is 8. The Morgan fingerprint density at radius 2 is 1.91 bits per heavy atom. The van der Waals surface area contributed by atoms with E-state index in [-0.39, 0.29) is 34.3 Å². The Bertz CT molecular complexity index is 1980. The summed E-state index contributed by atoms with van der Waals surface area (Å²) in [6.45, 7) is 13.8. The zero-order valence-corrected chi connectivity index (χ0v) is 35.2. The molecule has 2 saturated heterocycles. The molecule has 2 bridgehead atoms. The van der Waals surface area contributed by atoms with E-state index in [1.807, 2.05) is 37.1 Å². The van der Waals surface area contributed by atoms with Crippen LogP contribution in [0.15, 0.2) is 48.6 Å². The van der Waals surface area contributed by atoms with E-state index in [1.165, 1.54) is 11.1 Å². The van der Waals surface area contributed by atoms with Crippen molar-refractivity contribution in [2.75, 3.05) is 77.5 Å². The number of benzene rings is 2. The maximum atomic E-state index is 14.1. The first-order valence-corrected chi connectivity index (χ1v) is 22.9. The lowest BCUT2D eigenvalue weighted by molar-refractivity contribution is -0.134. The molecule has 8 rings (SSSR count). The first-order chi connectivity index (χ1) is 26.8. The SMILES string of the molecule is C=S1(=O)NC(=O)c2ccc3c(c2)N(C[C@@H]2CC[C@H]2[C@@](CN2CCN4CCN(C(C)=O)C[C@H]4C2)(OC)/C=C/C[C@H](C)[C@H]1C)C[C@@]1(CCCc2cc(Cl)ccc21)CO3. The van der Waals surface area contributed by atoms with Crippen molar-refractivity contribution in [3.63, 3.8) is 0 Å². The summed E-state index contributed by atoms with van der Waals surface area (Å²) in [5.41, 5.74) is 3.14. The highest BCUT2D eigenvalue weighted by Crippen LogP contribution is 2.49. The van der Waals surface area contributed by atoms with Gasteiger partial charge in [0.15, 0.2) is 0 Å². The third-order valence-corrected chi connectivity index (χ3v) is 16.9. The van der Waals surface area contributed by atoms with Crippen LogP contribution in [-0.4, -0.2) is 126 Å². The number of nitrogens with zero attached hydrogens (tertiary/aromatic N) is 4. The maximum absolute atomic E-state index is 14.1. The Balaban J connectivity index is 1.17. The van der Waals surface area contributed by atoms with Crippen molar-refractivity contribution in [3.05, 3.63) is 70.3 Å². The van der Waals surface area contributed by atoms with Crippen molar-refractivity contribution >= 4 is 44.7 Å². The maximum Gasteiger partial charge on any atom is 0.262 e. The molecule has 0 radical (unpaired) electrons. The van der Waals surface area contributed by atoms with Crippen LogP contribution >= 0.6 is 11.6 Å². The molecule has 2 aromatic carbocycles. The lowest BCUT2D eigenvalue weighted by atomic mass is 9.63. The van der Waals surface area contributed by atoms with Gasteiger partial charge in [-0.15, -0.1) is 0 Å². The summed E-state index contributed by atoms with van der Waals surface area (Å²) in [5.74, 6) is 5.21. The van der Waals surface area contributed by atoms with E-state index in [4.69, 9.17) is 21.1 Å². The molecule has 10 nitrogen and oxygen atoms in total. The number of halogens is 1. The fraction of sp³-hybridized carbons (Fsp3) is 0.614. The summed E-state index contributed by atoms with van der Waals surface area (Å²) in [7, 11) is -1.11. The van der Waals surface area contributed by atoms with Crippen molar-refractivity contribution in [1.82, 2.24) is 19.4 Å². The van der Waals surface area contributed by atoms with Gasteiger partial charge in [0.2, 0.25) is 5.91 Å². The van der Waals surface area contributed by atoms with E-state index >= 15 is 0 Å². The fourth-order valence-corrected chi connectivity index (χ4v) is 12.4. The minimum atomic E-state index is -2.99. The summed E-state index contributed by atoms with van der Waals surface area (Å²) in [6.07, 6.45) is 10.4. The molecule has 2 aromatic rings. The third-order valence-electron chi connectivity index (χ3n) is 14.4. The van der Waals surface area contributed by atoms with E-state index in [1.54, 1.807) is 13.0 Å². The quantitative estimate of drug-likeness (QED) is 0.325. The largest absolute Gasteiger partial charge is 0.490 e. The van der Waals surface area contributed by atoms with Crippen molar-refractivity contribution in [2.24, 2.45) is 17.8 Å². The Hall–Kier alpha value is -3.09. The lowest BCUT2D eigenvalue weighted by Gasteiger charge is -2.53. The number of carbonyl (C=O) groups is 2. The first kappa shape index (κ1) is 39.7. The minimum Gasteiger partial charge on any atom is -0.490 e. The molecule has 2 aliphatic carbocycles. The van der Waals surface area contributed by atoms with Crippen molar-refractivity contribution < 1.29 is 23.3 Å². The molecule has 12 heteroatoms. The van der Waals surface area contributed by atoms with E-state index in [0.29, 0.717) is 30.6 Å². The smallest absolute Gasteiger partial charge is 0.262 e. The van der Waals surface area contributed by atoms with E-state index < -0.39 is 15.3 Å². The molecular weight excluding hydrogens is 746 g/mol. The second-order valence-electron chi connectivity index (χ2n) is 17.8. The highest BCUT2D eigenvalue weighted by Gasteiger charge is 2.50. The molecule has 1 N–H and O–H groups in total. The van der Waals surface area contributed by atoms with Gasteiger partial charge in [0.1, 0.15) is 11.4 Å². The van der Waals surface area contributed by atoms with Gasteiger partial charge >= 0.3 is 0 Å². The van der Waals surface area contributed by atoms with Gasteiger partial charge in [-0.2, -0.15) is 0 Å². The predicted octanol–water partition coefficient (Wildman–Crippen LogP) is 5.42. The molecule has 304 valence electrons. The average Bonchev–Trinajstić information content (AvgIpc) is 3.31. The molecule has 1 spiro atoms. The number of nitrogens with one attached hydrogen (secondary N) is 1. The van der Waals surface area contributed by atoms with Gasteiger partial charge in [-0.25, -0.2) is 4.21 Å². The third kappa shape index (κ3) is 7.51. The van der Waals surface area contributed by atoms with Crippen molar-refractivity contribution in [3.8, 4) is 5.75 Å². The molecular formula is C44H60ClN5O5S. The number of aryl methyl sites for hydroxylation is 1. The summed E-state index contributed by atoms with van der Waals surface area (Å²) in [5, 5.41) is 0.397. The fourth-order valence-electron chi connectivity index (χ4n) is 10.7. The Kier molecular flexibility index (Phi) is 11.1. The number of fused-ring (bicyclic) bond motifs is 5. The second kappa shape index (κ2) is 15.6. The molecule has 56 heavy (non-hydrogen) atoms. The number of amides is 2. The predicted molar refractivity (Wildman–Crippen MR) is 225 cm³/mol. The molecule has 4 aliphatic heterocycles. The summed E-state index contributed by atoms with van der Waals surface area (Å²) in [6, 6.07) is 12.3. The van der Waals surface area contributed by atoms with Crippen molar-refractivity contribution in [1.29, 1.82) is 0 Å². The van der Waals surface area contributed by atoms with Crippen LogP contribution in [0.5, 0.6) is 5.75 Å². The summed E-state index contributed by atoms with van der Waals surface area (Å²) < 4.78 is 30.5. The standard InChI is InChI=1S/C44H60ClN5O5S/c1-30-8-6-17-44(54-4,28-47-18-19-48-20-21-49(32(3)51)26-37(48)25-47)39-13-10-35(39)24-50-27-43(16-7-9-33-22-36(45)12-14-38(33)43)29-55-41-15-11-34(23-40(41)50)42(52)46-56(5,53)31(30)2/h6,11-12,14-15,17,22-23,30-31,35,37,39H,5,7-10,13,16,18-21,24-29H2,1-4H3,(H,46,52,53)/b17-6+/t30-,31+,35-,37+,39+,43-,44+,56?/m0/s1. The number of piperazine rings is 2. The van der Waals surface area contributed by atoms with Gasteiger partial charge < -0.3 is 19.3 Å². The Labute approximate surface area is 339 Å². The highest BCUT2D eigenvalue weighted by atomic mass is 35.5. The summed E-state index contributed by atoms with van der Waals surface area (Å²) >= 11 is 6.53. The number of hydrogen-bond donors (Lipinski definition) is 1. The molecule has 0 aromatic heterocycles. The number of carbonyl (C=O) groups excluding carboxylic acids is 2. The summed E-state index contributed by atoms with van der Waals surface area (Å²) in [4.78, 5) is 35.8. The van der Waals surface area contributed by atoms with Crippen LogP contribution in [-0.2, 0) is 31.1 Å². The van der Waals surface area contributed by atoms with Crippen molar-refractivity contribution in [2.45, 2.75) is 81.6 Å². The molecule has 6 aliphatic rings. The van der Waals surface area contributed by atoms with E-state index in [0.717, 1.165) is 107 Å². The number of allylic oxidation sites excluding steroid dienone is 1. The minimum absolute atomic E-state index is 0.0000689. The number of anilines is 1.